The number of anilines is 1. The minimum absolute atomic E-state index is 0.156. The second-order valence-electron chi connectivity index (χ2n) is 6.56. The minimum Gasteiger partial charge on any atom is -0.346 e. The molecule has 0 saturated carbocycles. The summed E-state index contributed by atoms with van der Waals surface area (Å²) in [5, 5.41) is 14.0. The van der Waals surface area contributed by atoms with E-state index in [-0.39, 0.29) is 17.5 Å². The van der Waals surface area contributed by atoms with Crippen molar-refractivity contribution in [3.8, 4) is 6.07 Å². The normalized spacial score (nSPS) is 19.2. The second-order valence-corrected chi connectivity index (χ2v) is 6.56. The standard InChI is InChI=1S/C18H21FN4O3/c1-10(2)21-17(25)18(26)23-7-6-14(11(23)3)16(24)22-13-4-5-15(19)12(8-13)9-20/h4-5,8,10-11,14H,6-7H2,1-3H3,(H,21,25)(H,22,24)/t11-,14?/m0/s1. The van der Waals surface area contributed by atoms with Gasteiger partial charge >= 0.3 is 11.8 Å². The molecule has 1 fully saturated rings. The van der Waals surface area contributed by atoms with Gasteiger partial charge in [0.05, 0.1) is 11.5 Å². The van der Waals surface area contributed by atoms with E-state index in [1.54, 1.807) is 26.8 Å². The van der Waals surface area contributed by atoms with Gasteiger partial charge in [-0.25, -0.2) is 4.39 Å². The van der Waals surface area contributed by atoms with E-state index < -0.39 is 29.6 Å². The fourth-order valence-corrected chi connectivity index (χ4v) is 2.95. The fourth-order valence-electron chi connectivity index (χ4n) is 2.95. The average Bonchev–Trinajstić information content (AvgIpc) is 2.96. The van der Waals surface area contributed by atoms with Crippen molar-refractivity contribution in [3.63, 3.8) is 0 Å². The zero-order valence-electron chi connectivity index (χ0n) is 14.9. The van der Waals surface area contributed by atoms with Crippen molar-refractivity contribution in [2.24, 2.45) is 5.92 Å². The van der Waals surface area contributed by atoms with Gasteiger partial charge in [0.15, 0.2) is 0 Å². The zero-order chi connectivity index (χ0) is 19.4. The van der Waals surface area contributed by atoms with Gasteiger partial charge in [0.25, 0.3) is 0 Å². The van der Waals surface area contributed by atoms with Crippen molar-refractivity contribution in [2.45, 2.75) is 39.3 Å². The van der Waals surface area contributed by atoms with Gasteiger partial charge in [-0.15, -0.1) is 0 Å². The first kappa shape index (κ1) is 19.4. The lowest BCUT2D eigenvalue weighted by molar-refractivity contribution is -0.146. The summed E-state index contributed by atoms with van der Waals surface area (Å²) in [6.07, 6.45) is 0.417. The predicted octanol–water partition coefficient (Wildman–Crippen LogP) is 1.40. The Balaban J connectivity index is 2.04. The smallest absolute Gasteiger partial charge is 0.312 e. The molecule has 1 aliphatic rings. The van der Waals surface area contributed by atoms with E-state index in [2.05, 4.69) is 10.6 Å². The van der Waals surface area contributed by atoms with Gasteiger partial charge in [-0.2, -0.15) is 5.26 Å². The van der Waals surface area contributed by atoms with Crippen LogP contribution in [0.15, 0.2) is 18.2 Å². The molecule has 7 nitrogen and oxygen atoms in total. The third kappa shape index (κ3) is 4.17. The Bertz CT molecular complexity index is 772. The van der Waals surface area contributed by atoms with Crippen molar-refractivity contribution >= 4 is 23.4 Å². The monoisotopic (exact) mass is 360 g/mol. The molecule has 1 aliphatic heterocycles. The van der Waals surface area contributed by atoms with E-state index in [0.717, 1.165) is 6.07 Å². The van der Waals surface area contributed by atoms with Crippen molar-refractivity contribution in [2.75, 3.05) is 11.9 Å². The van der Waals surface area contributed by atoms with Crippen LogP contribution in [0.3, 0.4) is 0 Å². The average molecular weight is 360 g/mol. The Morgan fingerprint density at radius 2 is 2.04 bits per heavy atom. The van der Waals surface area contributed by atoms with Gasteiger partial charge in [0, 0.05) is 24.3 Å². The van der Waals surface area contributed by atoms with Crippen LogP contribution in [-0.2, 0) is 14.4 Å². The maximum absolute atomic E-state index is 13.4. The van der Waals surface area contributed by atoms with E-state index in [1.807, 2.05) is 0 Å². The highest BCUT2D eigenvalue weighted by Crippen LogP contribution is 2.26. The summed E-state index contributed by atoms with van der Waals surface area (Å²) in [6.45, 7) is 5.53. The van der Waals surface area contributed by atoms with Gasteiger partial charge in [0.2, 0.25) is 5.91 Å². The SMILES string of the molecule is CC(C)NC(=O)C(=O)N1CCC(C(=O)Nc2ccc(F)c(C#N)c2)[C@@H]1C. The molecule has 1 aromatic rings. The number of hydrogen-bond acceptors (Lipinski definition) is 4. The number of amides is 3. The maximum Gasteiger partial charge on any atom is 0.312 e. The molecule has 138 valence electrons. The van der Waals surface area contributed by atoms with Gasteiger partial charge in [0.1, 0.15) is 11.9 Å². The van der Waals surface area contributed by atoms with Crippen LogP contribution in [-0.4, -0.2) is 41.2 Å². The number of likely N-dealkylation sites (tertiary alicyclic amines) is 1. The van der Waals surface area contributed by atoms with Gasteiger partial charge in [-0.1, -0.05) is 0 Å². The number of carbonyl (C=O) groups excluding carboxylic acids is 3. The first-order chi connectivity index (χ1) is 12.2. The molecule has 0 aliphatic carbocycles. The summed E-state index contributed by atoms with van der Waals surface area (Å²) < 4.78 is 13.4. The lowest BCUT2D eigenvalue weighted by atomic mass is 10.0. The van der Waals surface area contributed by atoms with Crippen LogP contribution in [0.2, 0.25) is 0 Å². The highest BCUT2D eigenvalue weighted by Gasteiger charge is 2.40. The zero-order valence-corrected chi connectivity index (χ0v) is 14.9. The molecular weight excluding hydrogens is 339 g/mol. The largest absolute Gasteiger partial charge is 0.346 e. The van der Waals surface area contributed by atoms with E-state index in [9.17, 15) is 18.8 Å². The van der Waals surface area contributed by atoms with Crippen LogP contribution in [0.1, 0.15) is 32.8 Å². The number of benzene rings is 1. The molecule has 2 rings (SSSR count). The van der Waals surface area contributed by atoms with Gasteiger partial charge in [-0.3, -0.25) is 14.4 Å². The first-order valence-corrected chi connectivity index (χ1v) is 8.36. The van der Waals surface area contributed by atoms with Gasteiger partial charge < -0.3 is 15.5 Å². The second kappa shape index (κ2) is 7.95. The Morgan fingerprint density at radius 1 is 1.35 bits per heavy atom. The van der Waals surface area contributed by atoms with Crippen LogP contribution >= 0.6 is 0 Å². The minimum atomic E-state index is -0.690. The molecule has 26 heavy (non-hydrogen) atoms. The van der Waals surface area contributed by atoms with Gasteiger partial charge in [-0.05, 0) is 45.4 Å². The Morgan fingerprint density at radius 3 is 2.65 bits per heavy atom. The Hall–Kier alpha value is -2.95. The summed E-state index contributed by atoms with van der Waals surface area (Å²) in [7, 11) is 0. The number of nitrogens with zero attached hydrogens (tertiary/aromatic N) is 2. The number of nitriles is 1. The van der Waals surface area contributed by atoms with Crippen molar-refractivity contribution in [3.05, 3.63) is 29.6 Å². The topological polar surface area (TPSA) is 102 Å². The number of halogens is 1. The molecule has 2 N–H and O–H groups in total. The molecule has 0 aromatic heterocycles. The van der Waals surface area contributed by atoms with Crippen LogP contribution in [0.25, 0.3) is 0 Å². The fraction of sp³-hybridized carbons (Fsp3) is 0.444. The number of nitrogens with one attached hydrogen (secondary N) is 2. The third-order valence-electron chi connectivity index (χ3n) is 4.32. The molecule has 2 atom stereocenters. The molecule has 8 heteroatoms. The van der Waals surface area contributed by atoms with Crippen LogP contribution in [0, 0.1) is 23.1 Å². The molecule has 1 heterocycles. The van der Waals surface area contributed by atoms with E-state index >= 15 is 0 Å². The van der Waals surface area contributed by atoms with Crippen LogP contribution < -0.4 is 10.6 Å². The highest BCUT2D eigenvalue weighted by molar-refractivity contribution is 6.35. The molecule has 0 spiro atoms. The molecular formula is C18H21FN4O3. The summed E-state index contributed by atoms with van der Waals surface area (Å²) in [4.78, 5) is 38.0. The van der Waals surface area contributed by atoms with E-state index in [4.69, 9.17) is 5.26 Å². The van der Waals surface area contributed by atoms with Crippen molar-refractivity contribution < 1.29 is 18.8 Å². The van der Waals surface area contributed by atoms with Crippen molar-refractivity contribution in [1.29, 1.82) is 5.26 Å². The first-order valence-electron chi connectivity index (χ1n) is 8.36. The molecule has 0 bridgehead atoms. The summed E-state index contributed by atoms with van der Waals surface area (Å²) in [5.41, 5.74) is 0.145. The summed E-state index contributed by atoms with van der Waals surface area (Å²) in [6, 6.07) is 4.84. The molecule has 1 unspecified atom stereocenters. The van der Waals surface area contributed by atoms with E-state index in [1.165, 1.54) is 17.0 Å². The third-order valence-corrected chi connectivity index (χ3v) is 4.32. The van der Waals surface area contributed by atoms with Crippen LogP contribution in [0.4, 0.5) is 10.1 Å². The van der Waals surface area contributed by atoms with Crippen LogP contribution in [0.5, 0.6) is 0 Å². The number of rotatable bonds is 3. The maximum atomic E-state index is 13.4. The predicted molar refractivity (Wildman–Crippen MR) is 92.3 cm³/mol. The number of hydrogen-bond donors (Lipinski definition) is 2. The lowest BCUT2D eigenvalue weighted by Crippen LogP contribution is -2.47. The Kier molecular flexibility index (Phi) is 5.93. The van der Waals surface area contributed by atoms with E-state index in [0.29, 0.717) is 18.7 Å². The molecule has 3 amide bonds. The molecule has 1 saturated heterocycles. The molecule has 0 radical (unpaired) electrons. The Labute approximate surface area is 151 Å². The summed E-state index contributed by atoms with van der Waals surface area (Å²) in [5.74, 6) is -2.85. The number of carbonyl (C=O) groups is 3. The summed E-state index contributed by atoms with van der Waals surface area (Å²) >= 11 is 0. The quantitative estimate of drug-likeness (QED) is 0.795. The lowest BCUT2D eigenvalue weighted by Gasteiger charge is -2.24. The highest BCUT2D eigenvalue weighted by atomic mass is 19.1. The van der Waals surface area contributed by atoms with Crippen molar-refractivity contribution in [1.82, 2.24) is 10.2 Å². The molecule has 1 aromatic carbocycles.